The molecule has 1 aliphatic heterocycles. The molecule has 134 valence electrons. The summed E-state index contributed by atoms with van der Waals surface area (Å²) in [6.45, 7) is 6.77. The first-order valence-corrected chi connectivity index (χ1v) is 8.82. The molecule has 4 nitrogen and oxygen atoms in total. The Labute approximate surface area is 151 Å². The molecule has 1 aliphatic carbocycles. The fourth-order valence-electron chi connectivity index (χ4n) is 3.76. The molecule has 0 radical (unpaired) electrons. The molecule has 1 heterocycles. The van der Waals surface area contributed by atoms with Gasteiger partial charge in [-0.3, -0.25) is 4.79 Å². The molecule has 1 aromatic rings. The molecule has 2 aliphatic rings. The van der Waals surface area contributed by atoms with Crippen molar-refractivity contribution in [3.05, 3.63) is 29.8 Å². The van der Waals surface area contributed by atoms with Gasteiger partial charge in [-0.2, -0.15) is 0 Å². The highest BCUT2D eigenvalue weighted by atomic mass is 35.5. The van der Waals surface area contributed by atoms with Crippen LogP contribution in [0.4, 0.5) is 0 Å². The molecule has 1 saturated heterocycles. The monoisotopic (exact) mass is 352 g/mol. The van der Waals surface area contributed by atoms with Crippen LogP contribution in [0, 0.1) is 17.8 Å². The summed E-state index contributed by atoms with van der Waals surface area (Å²) in [4.78, 5) is 14.6. The van der Waals surface area contributed by atoms with E-state index >= 15 is 0 Å². The maximum absolute atomic E-state index is 12.6. The Morgan fingerprint density at radius 2 is 1.96 bits per heavy atom. The second-order valence-corrected chi connectivity index (χ2v) is 7.43. The van der Waals surface area contributed by atoms with Crippen molar-refractivity contribution in [1.82, 2.24) is 4.90 Å². The van der Waals surface area contributed by atoms with Gasteiger partial charge in [0.1, 0.15) is 5.75 Å². The highest BCUT2D eigenvalue weighted by Crippen LogP contribution is 2.37. The first kappa shape index (κ1) is 19.1. The average molecular weight is 353 g/mol. The second kappa shape index (κ2) is 8.21. The van der Waals surface area contributed by atoms with E-state index in [0.29, 0.717) is 17.8 Å². The van der Waals surface area contributed by atoms with Gasteiger partial charge in [-0.05, 0) is 61.3 Å². The van der Waals surface area contributed by atoms with E-state index in [2.05, 4.69) is 13.8 Å². The highest BCUT2D eigenvalue weighted by molar-refractivity contribution is 5.94. The predicted octanol–water partition coefficient (Wildman–Crippen LogP) is 3.34. The van der Waals surface area contributed by atoms with E-state index in [1.165, 1.54) is 0 Å². The molecular weight excluding hydrogens is 324 g/mol. The van der Waals surface area contributed by atoms with Crippen LogP contribution in [-0.2, 0) is 0 Å². The zero-order valence-electron chi connectivity index (χ0n) is 14.6. The third kappa shape index (κ3) is 4.22. The standard InChI is InChI=1S/C19H28N2O2.ClH/c1-13(2)9-10-23-16-6-3-14(4-7-16)19(22)21-11-15-5-8-18(20)17(15)12-21;/h3-4,6-7,13,15,17-18H,5,8-12,20H2,1-2H3;1H. The highest BCUT2D eigenvalue weighted by Gasteiger charge is 2.42. The third-order valence-corrected chi connectivity index (χ3v) is 5.26. The van der Waals surface area contributed by atoms with Gasteiger partial charge in [0, 0.05) is 24.7 Å². The SMILES string of the molecule is CC(C)CCOc1ccc(C(=O)N2CC3CCC(N)C3C2)cc1.Cl. The van der Waals surface area contributed by atoms with Gasteiger partial charge in [-0.15, -0.1) is 12.4 Å². The molecule has 3 atom stereocenters. The van der Waals surface area contributed by atoms with Crippen LogP contribution >= 0.6 is 12.4 Å². The second-order valence-electron chi connectivity index (χ2n) is 7.43. The maximum atomic E-state index is 12.6. The van der Waals surface area contributed by atoms with Crippen LogP contribution in [-0.4, -0.2) is 36.5 Å². The molecule has 0 bridgehead atoms. The van der Waals surface area contributed by atoms with E-state index in [-0.39, 0.29) is 24.4 Å². The van der Waals surface area contributed by atoms with Crippen molar-refractivity contribution >= 4 is 18.3 Å². The Kier molecular flexibility index (Phi) is 6.53. The van der Waals surface area contributed by atoms with Crippen molar-refractivity contribution in [2.45, 2.75) is 39.2 Å². The first-order chi connectivity index (χ1) is 11.0. The number of hydrogen-bond acceptors (Lipinski definition) is 3. The fourth-order valence-corrected chi connectivity index (χ4v) is 3.76. The molecule has 24 heavy (non-hydrogen) atoms. The smallest absolute Gasteiger partial charge is 0.253 e. The van der Waals surface area contributed by atoms with Gasteiger partial charge < -0.3 is 15.4 Å². The fraction of sp³-hybridized carbons (Fsp3) is 0.632. The molecule has 2 N–H and O–H groups in total. The van der Waals surface area contributed by atoms with Crippen LogP contribution in [0.3, 0.4) is 0 Å². The number of rotatable bonds is 5. The number of amides is 1. The Hall–Kier alpha value is -1.26. The Morgan fingerprint density at radius 3 is 2.58 bits per heavy atom. The summed E-state index contributed by atoms with van der Waals surface area (Å²) in [5, 5.41) is 0. The lowest BCUT2D eigenvalue weighted by molar-refractivity contribution is 0.0779. The molecule has 1 amide bonds. The third-order valence-electron chi connectivity index (χ3n) is 5.26. The zero-order chi connectivity index (χ0) is 16.4. The van der Waals surface area contributed by atoms with Crippen LogP contribution in [0.5, 0.6) is 5.75 Å². The minimum Gasteiger partial charge on any atom is -0.494 e. The lowest BCUT2D eigenvalue weighted by atomic mass is 9.98. The average Bonchev–Trinajstić information content (AvgIpc) is 3.09. The van der Waals surface area contributed by atoms with Crippen molar-refractivity contribution in [2.75, 3.05) is 19.7 Å². The summed E-state index contributed by atoms with van der Waals surface area (Å²) in [6, 6.07) is 7.82. The number of carbonyl (C=O) groups is 1. The molecule has 1 saturated carbocycles. The number of ether oxygens (including phenoxy) is 1. The molecule has 3 unspecified atom stereocenters. The van der Waals surface area contributed by atoms with Gasteiger partial charge in [0.05, 0.1) is 6.61 Å². The number of fused-ring (bicyclic) bond motifs is 1. The van der Waals surface area contributed by atoms with Gasteiger partial charge in [0.25, 0.3) is 5.91 Å². The van der Waals surface area contributed by atoms with E-state index in [1.54, 1.807) is 0 Å². The number of halogens is 1. The minimum atomic E-state index is 0. The van der Waals surface area contributed by atoms with Gasteiger partial charge in [-0.1, -0.05) is 13.8 Å². The van der Waals surface area contributed by atoms with Crippen LogP contribution < -0.4 is 10.5 Å². The van der Waals surface area contributed by atoms with E-state index < -0.39 is 0 Å². The molecule has 2 fully saturated rings. The molecule has 0 aromatic heterocycles. The largest absolute Gasteiger partial charge is 0.494 e. The van der Waals surface area contributed by atoms with Gasteiger partial charge >= 0.3 is 0 Å². The number of hydrogen-bond donors (Lipinski definition) is 1. The number of nitrogens with zero attached hydrogens (tertiary/aromatic N) is 1. The number of benzene rings is 1. The Balaban J connectivity index is 0.00000208. The van der Waals surface area contributed by atoms with Crippen LogP contribution in [0.1, 0.15) is 43.5 Å². The van der Waals surface area contributed by atoms with E-state index in [4.69, 9.17) is 10.5 Å². The lowest BCUT2D eigenvalue weighted by Gasteiger charge is -2.19. The molecule has 3 rings (SSSR count). The summed E-state index contributed by atoms with van der Waals surface area (Å²) in [6.07, 6.45) is 3.31. The summed E-state index contributed by atoms with van der Waals surface area (Å²) in [5.74, 6) is 2.70. The summed E-state index contributed by atoms with van der Waals surface area (Å²) in [7, 11) is 0. The zero-order valence-corrected chi connectivity index (χ0v) is 15.4. The summed E-state index contributed by atoms with van der Waals surface area (Å²) >= 11 is 0. The normalized spacial score (nSPS) is 25.5. The van der Waals surface area contributed by atoms with Crippen molar-refractivity contribution in [1.29, 1.82) is 0 Å². The Bertz CT molecular complexity index is 547. The molecular formula is C19H29ClN2O2. The van der Waals surface area contributed by atoms with E-state index in [0.717, 1.165) is 50.3 Å². The Morgan fingerprint density at radius 1 is 1.25 bits per heavy atom. The number of carbonyl (C=O) groups excluding carboxylic acids is 1. The lowest BCUT2D eigenvalue weighted by Crippen LogP contribution is -2.33. The predicted molar refractivity (Wildman–Crippen MR) is 98.7 cm³/mol. The topological polar surface area (TPSA) is 55.6 Å². The van der Waals surface area contributed by atoms with E-state index in [1.807, 2.05) is 29.2 Å². The number of likely N-dealkylation sites (tertiary alicyclic amines) is 1. The van der Waals surface area contributed by atoms with Gasteiger partial charge in [0.2, 0.25) is 0 Å². The van der Waals surface area contributed by atoms with Crippen molar-refractivity contribution in [2.24, 2.45) is 23.5 Å². The number of nitrogens with two attached hydrogens (primary N) is 1. The maximum Gasteiger partial charge on any atom is 0.253 e. The summed E-state index contributed by atoms with van der Waals surface area (Å²) < 4.78 is 5.71. The van der Waals surface area contributed by atoms with E-state index in [9.17, 15) is 4.79 Å². The van der Waals surface area contributed by atoms with Crippen molar-refractivity contribution in [3.8, 4) is 5.75 Å². The van der Waals surface area contributed by atoms with Crippen molar-refractivity contribution < 1.29 is 9.53 Å². The van der Waals surface area contributed by atoms with Crippen LogP contribution in [0.2, 0.25) is 0 Å². The minimum absolute atomic E-state index is 0. The molecule has 0 spiro atoms. The summed E-state index contributed by atoms with van der Waals surface area (Å²) in [5.41, 5.74) is 6.90. The van der Waals surface area contributed by atoms with Crippen LogP contribution in [0.15, 0.2) is 24.3 Å². The van der Waals surface area contributed by atoms with Gasteiger partial charge in [0.15, 0.2) is 0 Å². The van der Waals surface area contributed by atoms with Gasteiger partial charge in [-0.25, -0.2) is 0 Å². The molecule has 1 aromatic carbocycles. The van der Waals surface area contributed by atoms with Crippen molar-refractivity contribution in [3.63, 3.8) is 0 Å². The first-order valence-electron chi connectivity index (χ1n) is 8.82. The molecule has 5 heteroatoms. The quantitative estimate of drug-likeness (QED) is 0.884. The van der Waals surface area contributed by atoms with Crippen LogP contribution in [0.25, 0.3) is 0 Å².